The van der Waals surface area contributed by atoms with Crippen LogP contribution in [0.5, 0.6) is 5.75 Å². The lowest BCUT2D eigenvalue weighted by Crippen LogP contribution is -2.00. The molecule has 4 rings (SSSR count). The summed E-state index contributed by atoms with van der Waals surface area (Å²) in [6, 6.07) is 28.6. The van der Waals surface area contributed by atoms with Gasteiger partial charge in [-0.2, -0.15) is 5.10 Å². The Kier molecular flexibility index (Phi) is 5.06. The molecular formula is C23H18N4O. The molecule has 1 heterocycles. The van der Waals surface area contributed by atoms with Crippen molar-refractivity contribution in [1.29, 1.82) is 0 Å². The van der Waals surface area contributed by atoms with Crippen molar-refractivity contribution in [1.82, 2.24) is 9.97 Å². The van der Waals surface area contributed by atoms with Gasteiger partial charge in [-0.05, 0) is 23.8 Å². The van der Waals surface area contributed by atoms with Crippen molar-refractivity contribution < 1.29 is 5.11 Å². The number of phenols is 1. The van der Waals surface area contributed by atoms with E-state index in [9.17, 15) is 5.11 Å². The van der Waals surface area contributed by atoms with E-state index in [4.69, 9.17) is 0 Å². The van der Waals surface area contributed by atoms with Crippen molar-refractivity contribution in [2.45, 2.75) is 0 Å². The number of rotatable bonds is 5. The molecule has 0 fully saturated rings. The minimum absolute atomic E-state index is 0.166. The first-order valence-corrected chi connectivity index (χ1v) is 8.86. The minimum atomic E-state index is 0.166. The van der Waals surface area contributed by atoms with Gasteiger partial charge in [0.15, 0.2) is 0 Å². The van der Waals surface area contributed by atoms with Gasteiger partial charge in [0, 0.05) is 11.1 Å². The zero-order chi connectivity index (χ0) is 19.2. The molecule has 0 aliphatic heterocycles. The van der Waals surface area contributed by atoms with E-state index in [0.717, 1.165) is 16.8 Å². The Labute approximate surface area is 163 Å². The maximum atomic E-state index is 10.2. The molecule has 1 aromatic heterocycles. The topological polar surface area (TPSA) is 70.4 Å². The standard InChI is InChI=1S/C23H18N4O/c28-22-14-8-7-13-19(22)21-15-20(18-11-5-2-6-12-18)25-23(26-21)27-24-16-17-9-3-1-4-10-17/h1-16,28H,(H,25,26,27)/b24-16-. The SMILES string of the molecule is Oc1ccccc1-c1cc(-c2ccccc2)nc(N/N=C\c2ccccc2)n1. The monoisotopic (exact) mass is 366 g/mol. The van der Waals surface area contributed by atoms with E-state index in [1.54, 1.807) is 18.3 Å². The zero-order valence-electron chi connectivity index (χ0n) is 15.0. The number of phenolic OH excluding ortho intramolecular Hbond substituents is 1. The predicted molar refractivity (Wildman–Crippen MR) is 112 cm³/mol. The third-order valence-electron chi connectivity index (χ3n) is 4.15. The molecule has 136 valence electrons. The maximum Gasteiger partial charge on any atom is 0.244 e. The second-order valence-electron chi connectivity index (χ2n) is 6.13. The predicted octanol–water partition coefficient (Wildman–Crippen LogP) is 4.96. The van der Waals surface area contributed by atoms with Gasteiger partial charge in [-0.25, -0.2) is 15.4 Å². The number of aromatic hydroxyl groups is 1. The Hall–Kier alpha value is -3.99. The van der Waals surface area contributed by atoms with Crippen molar-refractivity contribution >= 4 is 12.2 Å². The Bertz CT molecular complexity index is 1100. The van der Waals surface area contributed by atoms with E-state index < -0.39 is 0 Å². The number of aromatic nitrogens is 2. The van der Waals surface area contributed by atoms with Crippen LogP contribution in [0.1, 0.15) is 5.56 Å². The molecule has 0 saturated carbocycles. The smallest absolute Gasteiger partial charge is 0.244 e. The molecule has 5 nitrogen and oxygen atoms in total. The number of hydrazone groups is 1. The van der Waals surface area contributed by atoms with Crippen LogP contribution in [-0.4, -0.2) is 21.3 Å². The number of hydrogen-bond donors (Lipinski definition) is 2. The average Bonchev–Trinajstić information content (AvgIpc) is 2.75. The van der Waals surface area contributed by atoms with Crippen molar-refractivity contribution in [3.63, 3.8) is 0 Å². The molecule has 0 spiro atoms. The van der Waals surface area contributed by atoms with Crippen LogP contribution in [0.3, 0.4) is 0 Å². The van der Waals surface area contributed by atoms with Crippen LogP contribution in [0.25, 0.3) is 22.5 Å². The molecule has 2 N–H and O–H groups in total. The summed E-state index contributed by atoms with van der Waals surface area (Å²) in [6.45, 7) is 0. The van der Waals surface area contributed by atoms with Gasteiger partial charge in [0.1, 0.15) is 5.75 Å². The fourth-order valence-corrected chi connectivity index (χ4v) is 2.79. The Morgan fingerprint density at radius 1 is 0.750 bits per heavy atom. The Morgan fingerprint density at radius 3 is 2.14 bits per heavy atom. The fraction of sp³-hybridized carbons (Fsp3) is 0. The number of nitrogens with one attached hydrogen (secondary N) is 1. The van der Waals surface area contributed by atoms with E-state index >= 15 is 0 Å². The summed E-state index contributed by atoms with van der Waals surface area (Å²) >= 11 is 0. The first-order chi connectivity index (χ1) is 13.8. The third-order valence-corrected chi connectivity index (χ3v) is 4.15. The van der Waals surface area contributed by atoms with Crippen LogP contribution in [0.15, 0.2) is 96.1 Å². The molecule has 0 saturated heterocycles. The first kappa shape index (κ1) is 17.4. The number of anilines is 1. The first-order valence-electron chi connectivity index (χ1n) is 8.86. The lowest BCUT2D eigenvalue weighted by molar-refractivity contribution is 0.477. The van der Waals surface area contributed by atoms with Gasteiger partial charge in [-0.15, -0.1) is 0 Å². The average molecular weight is 366 g/mol. The molecule has 0 bridgehead atoms. The number of hydrogen-bond acceptors (Lipinski definition) is 5. The lowest BCUT2D eigenvalue weighted by atomic mass is 10.1. The van der Waals surface area contributed by atoms with Crippen LogP contribution >= 0.6 is 0 Å². The zero-order valence-corrected chi connectivity index (χ0v) is 15.0. The van der Waals surface area contributed by atoms with Gasteiger partial charge in [0.25, 0.3) is 0 Å². The summed E-state index contributed by atoms with van der Waals surface area (Å²) in [6.07, 6.45) is 1.71. The van der Waals surface area contributed by atoms with Crippen molar-refractivity contribution in [2.75, 3.05) is 5.43 Å². The maximum absolute atomic E-state index is 10.2. The molecule has 0 aliphatic carbocycles. The normalized spacial score (nSPS) is 10.9. The fourth-order valence-electron chi connectivity index (χ4n) is 2.79. The third kappa shape index (κ3) is 4.04. The van der Waals surface area contributed by atoms with Crippen LogP contribution in [0.4, 0.5) is 5.95 Å². The van der Waals surface area contributed by atoms with Gasteiger partial charge in [-0.1, -0.05) is 72.8 Å². The second kappa shape index (κ2) is 8.14. The van der Waals surface area contributed by atoms with Gasteiger partial charge in [0.2, 0.25) is 5.95 Å². The van der Waals surface area contributed by atoms with Crippen LogP contribution < -0.4 is 5.43 Å². The van der Waals surface area contributed by atoms with Crippen molar-refractivity contribution in [3.8, 4) is 28.3 Å². The van der Waals surface area contributed by atoms with Gasteiger partial charge >= 0.3 is 0 Å². The Balaban J connectivity index is 1.72. The molecule has 0 amide bonds. The summed E-state index contributed by atoms with van der Waals surface area (Å²) in [5.41, 5.74) is 6.81. The van der Waals surface area contributed by atoms with E-state index in [-0.39, 0.29) is 5.75 Å². The molecule has 0 atom stereocenters. The van der Waals surface area contributed by atoms with Crippen molar-refractivity contribution in [3.05, 3.63) is 96.6 Å². The Morgan fingerprint density at radius 2 is 1.39 bits per heavy atom. The second-order valence-corrected chi connectivity index (χ2v) is 6.13. The molecule has 0 radical (unpaired) electrons. The molecule has 0 aliphatic rings. The van der Waals surface area contributed by atoms with E-state index in [1.165, 1.54) is 0 Å². The van der Waals surface area contributed by atoms with Crippen LogP contribution in [0, 0.1) is 0 Å². The lowest BCUT2D eigenvalue weighted by Gasteiger charge is -2.09. The summed E-state index contributed by atoms with van der Waals surface area (Å²) in [7, 11) is 0. The number of benzene rings is 3. The highest BCUT2D eigenvalue weighted by molar-refractivity contribution is 5.80. The van der Waals surface area contributed by atoms with Crippen molar-refractivity contribution in [2.24, 2.45) is 5.10 Å². The summed E-state index contributed by atoms with van der Waals surface area (Å²) in [4.78, 5) is 9.10. The van der Waals surface area contributed by atoms with Gasteiger partial charge < -0.3 is 5.11 Å². The number of nitrogens with zero attached hydrogens (tertiary/aromatic N) is 3. The van der Waals surface area contributed by atoms with E-state index in [2.05, 4.69) is 20.5 Å². The molecule has 28 heavy (non-hydrogen) atoms. The van der Waals surface area contributed by atoms with Crippen LogP contribution in [-0.2, 0) is 0 Å². The molecule has 4 aromatic rings. The van der Waals surface area contributed by atoms with Crippen LogP contribution in [0.2, 0.25) is 0 Å². The molecular weight excluding hydrogens is 348 g/mol. The largest absolute Gasteiger partial charge is 0.507 e. The molecule has 0 unspecified atom stereocenters. The number of para-hydroxylation sites is 1. The quantitative estimate of drug-likeness (QED) is 0.387. The van der Waals surface area contributed by atoms with Gasteiger partial charge in [-0.3, -0.25) is 0 Å². The highest BCUT2D eigenvalue weighted by Crippen LogP contribution is 2.30. The molecule has 5 heteroatoms. The summed E-state index contributed by atoms with van der Waals surface area (Å²) in [5.74, 6) is 0.519. The minimum Gasteiger partial charge on any atom is -0.507 e. The summed E-state index contributed by atoms with van der Waals surface area (Å²) in [5, 5.41) is 14.5. The molecule has 3 aromatic carbocycles. The highest BCUT2D eigenvalue weighted by atomic mass is 16.3. The van der Waals surface area contributed by atoms with Gasteiger partial charge in [0.05, 0.1) is 17.6 Å². The van der Waals surface area contributed by atoms with E-state index in [0.29, 0.717) is 17.2 Å². The van der Waals surface area contributed by atoms with E-state index in [1.807, 2.05) is 78.9 Å². The highest BCUT2D eigenvalue weighted by Gasteiger charge is 2.11. The summed E-state index contributed by atoms with van der Waals surface area (Å²) < 4.78 is 0.